The average Bonchev–Trinajstić information content (AvgIpc) is 3.32. The Balaban J connectivity index is 1.66. The van der Waals surface area contributed by atoms with Crippen LogP contribution < -0.4 is 5.32 Å². The lowest BCUT2D eigenvalue weighted by atomic mass is 10.1. The van der Waals surface area contributed by atoms with Crippen molar-refractivity contribution in [2.24, 2.45) is 0 Å². The predicted octanol–water partition coefficient (Wildman–Crippen LogP) is 3.42. The second-order valence-corrected chi connectivity index (χ2v) is 5.96. The molecule has 0 spiro atoms. The predicted molar refractivity (Wildman–Crippen MR) is 97.9 cm³/mol. The summed E-state index contributed by atoms with van der Waals surface area (Å²) in [5.41, 5.74) is 3.31. The number of aliphatic hydroxyl groups excluding tert-OH is 1. The van der Waals surface area contributed by atoms with E-state index in [1.807, 2.05) is 53.2 Å². The molecule has 2 aromatic heterocycles. The number of carbonyl (C=O) groups excluding carboxylic acids is 1. The number of furan rings is 1. The molecule has 0 fully saturated rings. The first-order chi connectivity index (χ1) is 12.7. The number of rotatable bonds is 5. The largest absolute Gasteiger partial charge is 0.472 e. The van der Waals surface area contributed by atoms with Crippen molar-refractivity contribution in [3.8, 4) is 0 Å². The summed E-state index contributed by atoms with van der Waals surface area (Å²) < 4.78 is 6.82. The van der Waals surface area contributed by atoms with Gasteiger partial charge in [0.15, 0.2) is 5.82 Å². The molecule has 2 aromatic carbocycles. The number of aliphatic hydroxyl groups is 1. The molecule has 0 bridgehead atoms. The average molecular weight is 347 g/mol. The Bertz CT molecular complexity index is 1030. The van der Waals surface area contributed by atoms with Gasteiger partial charge in [-0.2, -0.15) is 5.10 Å². The lowest BCUT2D eigenvalue weighted by Crippen LogP contribution is -2.12. The topological polar surface area (TPSA) is 80.3 Å². The molecule has 0 unspecified atom stereocenters. The van der Waals surface area contributed by atoms with E-state index in [2.05, 4.69) is 10.4 Å². The minimum Gasteiger partial charge on any atom is -0.472 e. The molecule has 4 aromatic rings. The Morgan fingerprint density at radius 3 is 2.58 bits per heavy atom. The minimum absolute atomic E-state index is 0.0230. The van der Waals surface area contributed by atoms with Gasteiger partial charge in [0.05, 0.1) is 30.5 Å². The Morgan fingerprint density at radius 1 is 1.08 bits per heavy atom. The molecule has 0 aliphatic rings. The Morgan fingerprint density at radius 2 is 1.85 bits per heavy atom. The molecule has 6 nitrogen and oxygen atoms in total. The van der Waals surface area contributed by atoms with Crippen molar-refractivity contribution >= 4 is 22.6 Å². The first-order valence-electron chi connectivity index (χ1n) is 8.22. The highest BCUT2D eigenvalue weighted by molar-refractivity contribution is 6.07. The Labute approximate surface area is 149 Å². The van der Waals surface area contributed by atoms with Crippen molar-refractivity contribution in [3.63, 3.8) is 0 Å². The molecule has 4 rings (SSSR count). The van der Waals surface area contributed by atoms with E-state index in [1.54, 1.807) is 6.07 Å². The number of para-hydroxylation sites is 1. The molecule has 2 N–H and O–H groups in total. The number of anilines is 1. The fraction of sp³-hybridized carbons (Fsp3) is 0.100. The summed E-state index contributed by atoms with van der Waals surface area (Å²) >= 11 is 0. The number of nitrogens with zero attached hydrogens (tertiary/aromatic N) is 2. The SMILES string of the molecule is O=C(Nc1nn(Cc2ccc(CO)cc2)c2ccccc12)c1ccoc1. The van der Waals surface area contributed by atoms with E-state index >= 15 is 0 Å². The minimum atomic E-state index is -0.263. The van der Waals surface area contributed by atoms with Crippen LogP contribution in [0.5, 0.6) is 0 Å². The lowest BCUT2D eigenvalue weighted by Gasteiger charge is -2.05. The molecule has 0 aliphatic heterocycles. The number of nitrogens with one attached hydrogen (secondary N) is 1. The van der Waals surface area contributed by atoms with E-state index in [4.69, 9.17) is 9.52 Å². The molecule has 1 amide bonds. The smallest absolute Gasteiger partial charge is 0.260 e. The van der Waals surface area contributed by atoms with Crippen LogP contribution in [0.1, 0.15) is 21.5 Å². The van der Waals surface area contributed by atoms with Gasteiger partial charge in [0.25, 0.3) is 5.91 Å². The fourth-order valence-electron chi connectivity index (χ4n) is 2.84. The monoisotopic (exact) mass is 347 g/mol. The summed E-state index contributed by atoms with van der Waals surface area (Å²) in [6.45, 7) is 0.586. The summed E-state index contributed by atoms with van der Waals surface area (Å²) in [5.74, 6) is 0.250. The number of hydrogen-bond donors (Lipinski definition) is 2. The van der Waals surface area contributed by atoms with Crippen LogP contribution >= 0.6 is 0 Å². The number of hydrogen-bond acceptors (Lipinski definition) is 4. The van der Waals surface area contributed by atoms with Gasteiger partial charge in [-0.15, -0.1) is 0 Å². The van der Waals surface area contributed by atoms with Gasteiger partial charge >= 0.3 is 0 Å². The van der Waals surface area contributed by atoms with Crippen LogP contribution in [0.15, 0.2) is 71.5 Å². The molecule has 0 saturated heterocycles. The molecule has 6 heteroatoms. The molecule has 0 radical (unpaired) electrons. The van der Waals surface area contributed by atoms with Crippen LogP contribution in [0.25, 0.3) is 10.9 Å². The van der Waals surface area contributed by atoms with E-state index in [9.17, 15) is 4.79 Å². The maximum Gasteiger partial charge on any atom is 0.260 e. The van der Waals surface area contributed by atoms with E-state index in [-0.39, 0.29) is 12.5 Å². The molecule has 0 atom stereocenters. The van der Waals surface area contributed by atoms with Gasteiger partial charge in [-0.25, -0.2) is 0 Å². The van der Waals surface area contributed by atoms with Crippen molar-refractivity contribution in [2.45, 2.75) is 13.2 Å². The van der Waals surface area contributed by atoms with Gasteiger partial charge in [0, 0.05) is 5.39 Å². The number of amides is 1. The number of fused-ring (bicyclic) bond motifs is 1. The van der Waals surface area contributed by atoms with E-state index in [0.29, 0.717) is 17.9 Å². The third-order valence-electron chi connectivity index (χ3n) is 4.21. The number of benzene rings is 2. The van der Waals surface area contributed by atoms with Crippen LogP contribution in [-0.4, -0.2) is 20.8 Å². The van der Waals surface area contributed by atoms with E-state index < -0.39 is 0 Å². The van der Waals surface area contributed by atoms with Crippen molar-refractivity contribution in [1.82, 2.24) is 9.78 Å². The summed E-state index contributed by atoms with van der Waals surface area (Å²) in [7, 11) is 0. The maximum atomic E-state index is 12.3. The molecule has 0 saturated carbocycles. The zero-order chi connectivity index (χ0) is 17.9. The molecular formula is C20H17N3O3. The van der Waals surface area contributed by atoms with Gasteiger partial charge in [-0.05, 0) is 29.3 Å². The van der Waals surface area contributed by atoms with E-state index in [0.717, 1.165) is 22.0 Å². The quantitative estimate of drug-likeness (QED) is 0.580. The highest BCUT2D eigenvalue weighted by Crippen LogP contribution is 2.24. The molecule has 0 aliphatic carbocycles. The highest BCUT2D eigenvalue weighted by atomic mass is 16.3. The third-order valence-corrected chi connectivity index (χ3v) is 4.21. The second kappa shape index (κ2) is 6.85. The van der Waals surface area contributed by atoms with Gasteiger partial charge in [-0.1, -0.05) is 36.4 Å². The summed E-state index contributed by atoms with van der Waals surface area (Å²) in [5, 5.41) is 17.5. The van der Waals surface area contributed by atoms with Gasteiger partial charge in [0.1, 0.15) is 6.26 Å². The van der Waals surface area contributed by atoms with Crippen LogP contribution in [0.2, 0.25) is 0 Å². The normalized spacial score (nSPS) is 11.0. The summed E-state index contributed by atoms with van der Waals surface area (Å²) in [4.78, 5) is 12.3. The van der Waals surface area contributed by atoms with Gasteiger partial charge in [-0.3, -0.25) is 9.48 Å². The zero-order valence-corrected chi connectivity index (χ0v) is 13.9. The third kappa shape index (κ3) is 3.10. The maximum absolute atomic E-state index is 12.3. The van der Waals surface area contributed by atoms with Crippen LogP contribution in [0, 0.1) is 0 Å². The molecular weight excluding hydrogens is 330 g/mol. The first kappa shape index (κ1) is 16.1. The molecule has 130 valence electrons. The first-order valence-corrected chi connectivity index (χ1v) is 8.22. The van der Waals surface area contributed by atoms with Crippen molar-refractivity contribution in [2.75, 3.05) is 5.32 Å². The number of aromatic nitrogens is 2. The highest BCUT2D eigenvalue weighted by Gasteiger charge is 2.14. The fourth-order valence-corrected chi connectivity index (χ4v) is 2.84. The second-order valence-electron chi connectivity index (χ2n) is 5.96. The van der Waals surface area contributed by atoms with Crippen molar-refractivity contribution in [3.05, 3.63) is 83.8 Å². The standard InChI is InChI=1S/C20H17N3O3/c24-12-15-7-5-14(6-8-15)11-23-18-4-2-1-3-17(18)19(22-23)21-20(25)16-9-10-26-13-16/h1-10,13,24H,11-12H2,(H,21,22,25). The molecule has 26 heavy (non-hydrogen) atoms. The Kier molecular flexibility index (Phi) is 4.25. The van der Waals surface area contributed by atoms with Gasteiger partial charge < -0.3 is 14.8 Å². The van der Waals surface area contributed by atoms with Crippen LogP contribution in [0.4, 0.5) is 5.82 Å². The molecule has 2 heterocycles. The number of carbonyl (C=O) groups is 1. The summed E-state index contributed by atoms with van der Waals surface area (Å²) in [6, 6.07) is 17.1. The van der Waals surface area contributed by atoms with Crippen LogP contribution in [0.3, 0.4) is 0 Å². The van der Waals surface area contributed by atoms with Crippen molar-refractivity contribution in [1.29, 1.82) is 0 Å². The zero-order valence-electron chi connectivity index (χ0n) is 13.9. The van der Waals surface area contributed by atoms with Crippen LogP contribution in [-0.2, 0) is 13.2 Å². The Hall–Kier alpha value is -3.38. The lowest BCUT2D eigenvalue weighted by molar-refractivity contribution is 0.102. The van der Waals surface area contributed by atoms with E-state index in [1.165, 1.54) is 12.5 Å². The van der Waals surface area contributed by atoms with Gasteiger partial charge in [0.2, 0.25) is 0 Å². The summed E-state index contributed by atoms with van der Waals surface area (Å²) in [6.07, 6.45) is 2.86. The van der Waals surface area contributed by atoms with Crippen molar-refractivity contribution < 1.29 is 14.3 Å².